The van der Waals surface area contributed by atoms with E-state index in [2.05, 4.69) is 4.57 Å². The Labute approximate surface area is 219 Å². The molecule has 0 spiro atoms. The second-order valence-electron chi connectivity index (χ2n) is 8.95. The molecule has 3 aromatic heterocycles. The fourth-order valence-corrected chi connectivity index (χ4v) is 4.72. The number of nitrogens with zero attached hydrogens (tertiary/aromatic N) is 5. The first-order chi connectivity index (χ1) is 18.4. The zero-order chi connectivity index (χ0) is 27.0. The molecule has 198 valence electrons. The molecule has 0 saturated heterocycles. The Hall–Kier alpha value is -4.47. The minimum absolute atomic E-state index is 0.350. The van der Waals surface area contributed by atoms with Crippen molar-refractivity contribution in [3.05, 3.63) is 75.1 Å². The fraction of sp³-hybridized carbons (Fsp3) is 0.321. The van der Waals surface area contributed by atoms with Gasteiger partial charge in [-0.05, 0) is 62.2 Å². The lowest BCUT2D eigenvalue weighted by atomic mass is 10.1. The van der Waals surface area contributed by atoms with Crippen LogP contribution in [0, 0.1) is 0 Å². The highest BCUT2D eigenvalue weighted by atomic mass is 16.5. The van der Waals surface area contributed by atoms with E-state index in [0.29, 0.717) is 48.9 Å². The summed E-state index contributed by atoms with van der Waals surface area (Å²) in [6, 6.07) is 13.7. The molecule has 5 aromatic rings. The second-order valence-corrected chi connectivity index (χ2v) is 8.95. The predicted molar refractivity (Wildman–Crippen MR) is 146 cm³/mol. The summed E-state index contributed by atoms with van der Waals surface area (Å²) in [5.74, 6) is 2.77. The summed E-state index contributed by atoms with van der Waals surface area (Å²) in [5, 5.41) is 0. The van der Waals surface area contributed by atoms with Crippen LogP contribution in [0.15, 0.2) is 58.3 Å². The molecule has 3 heterocycles. The zero-order valence-corrected chi connectivity index (χ0v) is 22.2. The molecule has 0 atom stereocenters. The van der Waals surface area contributed by atoms with Crippen LogP contribution in [-0.2, 0) is 27.1 Å². The van der Waals surface area contributed by atoms with Crippen LogP contribution in [0.1, 0.15) is 19.4 Å². The Bertz CT molecular complexity index is 1740. The van der Waals surface area contributed by atoms with Gasteiger partial charge in [0.2, 0.25) is 5.78 Å². The zero-order valence-electron chi connectivity index (χ0n) is 22.2. The largest absolute Gasteiger partial charge is 0.497 e. The molecule has 38 heavy (non-hydrogen) atoms. The van der Waals surface area contributed by atoms with Crippen molar-refractivity contribution in [2.24, 2.45) is 14.1 Å². The molecule has 0 radical (unpaired) electrons. The molecule has 0 unspecified atom stereocenters. The number of fused-ring (bicyclic) bond motifs is 3. The van der Waals surface area contributed by atoms with Gasteiger partial charge in [0.1, 0.15) is 5.75 Å². The summed E-state index contributed by atoms with van der Waals surface area (Å²) >= 11 is 0. The van der Waals surface area contributed by atoms with E-state index in [4.69, 9.17) is 19.2 Å². The lowest BCUT2D eigenvalue weighted by molar-refractivity contribution is 0.287. The van der Waals surface area contributed by atoms with Gasteiger partial charge in [0, 0.05) is 32.4 Å². The Balaban J connectivity index is 1.64. The molecule has 10 nitrogen and oxygen atoms in total. The van der Waals surface area contributed by atoms with E-state index in [9.17, 15) is 9.59 Å². The monoisotopic (exact) mass is 517 g/mol. The number of ether oxygens (including phenoxy) is 3. The molecule has 0 aliphatic heterocycles. The van der Waals surface area contributed by atoms with Gasteiger partial charge in [-0.3, -0.25) is 18.3 Å². The van der Waals surface area contributed by atoms with Crippen molar-refractivity contribution < 1.29 is 14.2 Å². The van der Waals surface area contributed by atoms with Crippen LogP contribution in [0.3, 0.4) is 0 Å². The molecule has 0 saturated carbocycles. The third-order valence-electron chi connectivity index (χ3n) is 6.67. The number of hydrogen-bond donors (Lipinski definition) is 0. The lowest BCUT2D eigenvalue weighted by Crippen LogP contribution is -2.37. The Morgan fingerprint density at radius 1 is 0.895 bits per heavy atom. The summed E-state index contributed by atoms with van der Waals surface area (Å²) in [6.45, 7) is 5.56. The van der Waals surface area contributed by atoms with Gasteiger partial charge >= 0.3 is 5.69 Å². The van der Waals surface area contributed by atoms with Gasteiger partial charge in [0.25, 0.3) is 5.56 Å². The minimum Gasteiger partial charge on any atom is -0.497 e. The van der Waals surface area contributed by atoms with Crippen molar-refractivity contribution in [3.63, 3.8) is 0 Å². The van der Waals surface area contributed by atoms with Crippen molar-refractivity contribution in [3.8, 4) is 28.5 Å². The van der Waals surface area contributed by atoms with Crippen LogP contribution in [0.25, 0.3) is 28.2 Å². The van der Waals surface area contributed by atoms with Crippen LogP contribution in [0.5, 0.6) is 17.2 Å². The van der Waals surface area contributed by atoms with Gasteiger partial charge in [-0.15, -0.1) is 0 Å². The molecule has 0 bridgehead atoms. The van der Waals surface area contributed by atoms with Crippen molar-refractivity contribution in [1.82, 2.24) is 23.1 Å². The van der Waals surface area contributed by atoms with Gasteiger partial charge in [0.05, 0.1) is 26.0 Å². The van der Waals surface area contributed by atoms with Crippen LogP contribution < -0.4 is 25.5 Å². The second kappa shape index (κ2) is 10.1. The molecule has 2 aromatic carbocycles. The molecule has 0 amide bonds. The van der Waals surface area contributed by atoms with Gasteiger partial charge in [0.15, 0.2) is 22.7 Å². The molecule has 0 N–H and O–H groups in total. The van der Waals surface area contributed by atoms with Gasteiger partial charge in [-0.25, -0.2) is 4.79 Å². The summed E-state index contributed by atoms with van der Waals surface area (Å²) < 4.78 is 23.2. The number of aromatic nitrogens is 5. The molecule has 0 aliphatic rings. The maximum absolute atomic E-state index is 13.1. The third kappa shape index (κ3) is 4.21. The molecule has 5 rings (SSSR count). The maximum Gasteiger partial charge on any atom is 0.332 e. The highest BCUT2D eigenvalue weighted by molar-refractivity contribution is 5.78. The number of imidazole rings is 2. The van der Waals surface area contributed by atoms with Gasteiger partial charge in [-0.2, -0.15) is 4.98 Å². The third-order valence-corrected chi connectivity index (χ3v) is 6.67. The molecule has 10 heteroatoms. The summed E-state index contributed by atoms with van der Waals surface area (Å²) in [5.41, 5.74) is 2.83. The smallest absolute Gasteiger partial charge is 0.332 e. The molecule has 0 aliphatic carbocycles. The van der Waals surface area contributed by atoms with E-state index in [1.165, 1.54) is 11.6 Å². The summed E-state index contributed by atoms with van der Waals surface area (Å²) in [4.78, 5) is 30.4. The van der Waals surface area contributed by atoms with E-state index >= 15 is 0 Å². The molecule has 0 fully saturated rings. The first-order valence-corrected chi connectivity index (χ1v) is 12.6. The SMILES string of the molecule is CCOc1ccc(CCn2c(-c3ccc(OC)cc3)cn3c4c(=O)n(C)c(=O)n(C)c4nc23)cc1OCC. The Morgan fingerprint density at radius 3 is 2.29 bits per heavy atom. The Kier molecular flexibility index (Phi) is 6.71. The van der Waals surface area contributed by atoms with Crippen molar-refractivity contribution in [1.29, 1.82) is 0 Å². The molecular formula is C28H31N5O5. The average Bonchev–Trinajstić information content (AvgIpc) is 3.47. The first kappa shape index (κ1) is 25.2. The Morgan fingerprint density at radius 2 is 1.61 bits per heavy atom. The normalized spacial score (nSPS) is 11.4. The van der Waals surface area contributed by atoms with E-state index in [1.54, 1.807) is 18.6 Å². The number of aryl methyl sites for hydroxylation is 3. The van der Waals surface area contributed by atoms with Crippen LogP contribution >= 0.6 is 0 Å². The number of benzene rings is 2. The van der Waals surface area contributed by atoms with Crippen molar-refractivity contribution in [2.45, 2.75) is 26.8 Å². The van der Waals surface area contributed by atoms with Crippen LogP contribution in [0.4, 0.5) is 0 Å². The number of rotatable bonds is 9. The van der Waals surface area contributed by atoms with E-state index in [1.807, 2.05) is 62.5 Å². The average molecular weight is 518 g/mol. The van der Waals surface area contributed by atoms with Crippen molar-refractivity contribution >= 4 is 16.9 Å². The first-order valence-electron chi connectivity index (χ1n) is 12.6. The highest BCUT2D eigenvalue weighted by Gasteiger charge is 2.21. The fourth-order valence-electron chi connectivity index (χ4n) is 4.72. The maximum atomic E-state index is 13.1. The summed E-state index contributed by atoms with van der Waals surface area (Å²) in [6.07, 6.45) is 2.59. The molecular weight excluding hydrogens is 486 g/mol. The van der Waals surface area contributed by atoms with Gasteiger partial charge < -0.3 is 18.8 Å². The summed E-state index contributed by atoms with van der Waals surface area (Å²) in [7, 11) is 4.73. The van der Waals surface area contributed by atoms with Crippen molar-refractivity contribution in [2.75, 3.05) is 20.3 Å². The van der Waals surface area contributed by atoms with E-state index < -0.39 is 5.69 Å². The number of methoxy groups -OCH3 is 1. The topological polar surface area (TPSA) is 93.9 Å². The quantitative estimate of drug-likeness (QED) is 0.298. The van der Waals surface area contributed by atoms with Crippen LogP contribution in [0.2, 0.25) is 0 Å². The predicted octanol–water partition coefficient (Wildman–Crippen LogP) is 3.40. The number of hydrogen-bond acceptors (Lipinski definition) is 6. The van der Waals surface area contributed by atoms with E-state index in [0.717, 1.165) is 32.9 Å². The van der Waals surface area contributed by atoms with E-state index in [-0.39, 0.29) is 5.56 Å². The van der Waals surface area contributed by atoms with Gasteiger partial charge in [-0.1, -0.05) is 6.07 Å². The van der Waals surface area contributed by atoms with Crippen LogP contribution in [-0.4, -0.2) is 43.4 Å². The standard InChI is InChI=1S/C28H31N5O5/c1-6-37-22-13-8-18(16-23(22)38-7-2)14-15-32-21(19-9-11-20(36-5)12-10-19)17-33-24-25(29-27(32)33)30(3)28(35)31(4)26(24)34/h8-13,16-17H,6-7,14-15H2,1-5H3. The lowest BCUT2D eigenvalue weighted by Gasteiger charge is -2.13. The minimum atomic E-state index is -0.414. The highest BCUT2D eigenvalue weighted by Crippen LogP contribution is 2.30.